The number of phenolic OH excluding ortho intramolecular Hbond substituents is 2. The molecule has 0 spiro atoms. The lowest BCUT2D eigenvalue weighted by Crippen LogP contribution is -1.99. The Morgan fingerprint density at radius 2 is 1.30 bits per heavy atom. The van der Waals surface area contributed by atoms with E-state index in [4.69, 9.17) is 20.4 Å². The number of hydrogen-bond donors (Lipinski definition) is 4. The Balaban J connectivity index is 0.000000468. The maximum absolute atomic E-state index is 10.2. The molecule has 0 aliphatic carbocycles. The maximum atomic E-state index is 10.2. The number of phenols is 2. The van der Waals surface area contributed by atoms with E-state index < -0.39 is 32.7 Å². The van der Waals surface area contributed by atoms with Crippen molar-refractivity contribution in [1.29, 1.82) is 0 Å². The molecule has 0 saturated carbocycles. The summed E-state index contributed by atoms with van der Waals surface area (Å²) >= 11 is 0. The summed E-state index contributed by atoms with van der Waals surface area (Å²) < 4.78 is 4.66. The Labute approximate surface area is 129 Å². The molecule has 0 fully saturated rings. The molecule has 1 rings (SSSR count). The summed E-state index contributed by atoms with van der Waals surface area (Å²) in [4.78, 5) is 18.5. The summed E-state index contributed by atoms with van der Waals surface area (Å²) in [6.45, 7) is 6.42. The third-order valence-electron chi connectivity index (χ3n) is 2.00. The van der Waals surface area contributed by atoms with Gasteiger partial charge in [0.2, 0.25) is 0 Å². The van der Waals surface area contributed by atoms with E-state index >= 15 is 0 Å². The molecule has 0 heterocycles. The lowest BCUT2D eigenvalue weighted by molar-refractivity contribution is -0.395. The van der Waals surface area contributed by atoms with Crippen molar-refractivity contribution in [2.24, 2.45) is 0 Å². The summed E-state index contributed by atoms with van der Waals surface area (Å²) in [7, 11) is 0. The average molecular weight is 330 g/mol. The van der Waals surface area contributed by atoms with Crippen LogP contribution in [-0.4, -0.2) is 43.5 Å². The van der Waals surface area contributed by atoms with Crippen molar-refractivity contribution in [3.8, 4) is 11.5 Å². The molecule has 0 aliphatic heterocycles. The molecule has 11 nitrogen and oxygen atoms in total. The van der Waals surface area contributed by atoms with Crippen molar-refractivity contribution in [3.63, 3.8) is 0 Å². The fourth-order valence-electron chi connectivity index (χ4n) is 1.13. The molecule has 23 heavy (non-hydrogen) atoms. The van der Waals surface area contributed by atoms with E-state index in [0.29, 0.717) is 12.1 Å². The average Bonchev–Trinajstić information content (AvgIpc) is 2.37. The topological polar surface area (TPSA) is 176 Å². The Morgan fingerprint density at radius 3 is 1.57 bits per heavy atom. The van der Waals surface area contributed by atoms with E-state index in [1.807, 2.05) is 0 Å². The number of nitro benzene ring substituents is 2. The quantitative estimate of drug-likeness (QED) is 0.345. The number of rotatable bonds is 6. The van der Waals surface area contributed by atoms with E-state index in [1.165, 1.54) is 0 Å². The molecule has 1 aromatic rings. The largest absolute Gasteiger partial charge is 0.510 e. The van der Waals surface area contributed by atoms with E-state index in [2.05, 4.69) is 17.9 Å². The highest BCUT2D eigenvalue weighted by Gasteiger charge is 2.23. The normalized spacial score (nSPS) is 9.39. The lowest BCUT2D eigenvalue weighted by atomic mass is 10.2. The van der Waals surface area contributed by atoms with E-state index in [0.717, 1.165) is 0 Å². The molecule has 126 valence electrons. The second-order valence-corrected chi connectivity index (χ2v) is 3.97. The van der Waals surface area contributed by atoms with Crippen LogP contribution < -0.4 is 0 Å². The van der Waals surface area contributed by atoms with Gasteiger partial charge in [-0.25, -0.2) is 0 Å². The van der Waals surface area contributed by atoms with Gasteiger partial charge in [-0.05, 0) is 0 Å². The minimum Gasteiger partial charge on any atom is -0.510 e. The van der Waals surface area contributed by atoms with Crippen LogP contribution in [0.1, 0.15) is 0 Å². The zero-order valence-electron chi connectivity index (χ0n) is 11.7. The van der Waals surface area contributed by atoms with Crippen LogP contribution in [0.25, 0.3) is 0 Å². The molecule has 4 N–H and O–H groups in total. The first-order chi connectivity index (χ1) is 10.6. The molecule has 0 unspecified atom stereocenters. The number of nitrogens with zero attached hydrogens (tertiary/aromatic N) is 2. The van der Waals surface area contributed by atoms with Gasteiger partial charge in [0.05, 0.1) is 9.85 Å². The molecule has 0 radical (unpaired) electrons. The zero-order valence-corrected chi connectivity index (χ0v) is 11.7. The highest BCUT2D eigenvalue weighted by molar-refractivity contribution is 5.60. The van der Waals surface area contributed by atoms with Gasteiger partial charge in [0.25, 0.3) is 0 Å². The molecule has 0 amide bonds. The van der Waals surface area contributed by atoms with Gasteiger partial charge in [0.15, 0.2) is 11.5 Å². The third-order valence-corrected chi connectivity index (χ3v) is 2.00. The number of benzene rings is 1. The van der Waals surface area contributed by atoms with Crippen LogP contribution in [0.4, 0.5) is 11.4 Å². The molecule has 0 saturated heterocycles. The number of aliphatic hydroxyl groups is 2. The summed E-state index contributed by atoms with van der Waals surface area (Å²) in [5.74, 6) is -1.76. The molecule has 0 aromatic heterocycles. The number of ether oxygens (including phenoxy) is 1. The van der Waals surface area contributed by atoms with Gasteiger partial charge in [-0.3, -0.25) is 20.2 Å². The Kier molecular flexibility index (Phi) is 7.56. The van der Waals surface area contributed by atoms with Gasteiger partial charge in [-0.2, -0.15) is 0 Å². The smallest absolute Gasteiger partial charge is 0.317 e. The number of hydrogen-bond acceptors (Lipinski definition) is 9. The molecule has 11 heteroatoms. The maximum Gasteiger partial charge on any atom is 0.317 e. The monoisotopic (exact) mass is 330 g/mol. The van der Waals surface area contributed by atoms with Crippen molar-refractivity contribution < 1.29 is 35.0 Å². The first kappa shape index (κ1) is 19.7. The van der Waals surface area contributed by atoms with Gasteiger partial charge < -0.3 is 25.2 Å². The van der Waals surface area contributed by atoms with Crippen molar-refractivity contribution in [3.05, 3.63) is 57.0 Å². The summed E-state index contributed by atoms with van der Waals surface area (Å²) in [5, 5.41) is 55.3. The van der Waals surface area contributed by atoms with Gasteiger partial charge in [0, 0.05) is 6.07 Å². The van der Waals surface area contributed by atoms with Crippen LogP contribution in [-0.2, 0) is 4.74 Å². The van der Waals surface area contributed by atoms with E-state index in [9.17, 15) is 20.2 Å². The van der Waals surface area contributed by atoms with Crippen LogP contribution in [0, 0.1) is 20.2 Å². The van der Waals surface area contributed by atoms with Crippen LogP contribution in [0.3, 0.4) is 0 Å². The highest BCUT2D eigenvalue weighted by atomic mass is 16.6. The van der Waals surface area contributed by atoms with Crippen LogP contribution in [0.15, 0.2) is 36.8 Å². The number of aromatic hydroxyl groups is 2. The number of nitro groups is 2. The first-order valence-electron chi connectivity index (χ1n) is 5.72. The summed E-state index contributed by atoms with van der Waals surface area (Å²) in [6, 6.07) is 1.04. The Morgan fingerprint density at radius 1 is 0.957 bits per heavy atom. The Hall–Kier alpha value is -3.34. The zero-order chi connectivity index (χ0) is 18.2. The van der Waals surface area contributed by atoms with Crippen LogP contribution in [0.5, 0.6) is 11.5 Å². The van der Waals surface area contributed by atoms with Crippen LogP contribution in [0.2, 0.25) is 0 Å². The SMILES string of the molecule is C=C(O)COCC(=C)O.O=[N+]([O-])c1cc([N+](=O)[O-])c(O)cc1O. The minimum absolute atomic E-state index is 0.0412. The Bertz CT molecular complexity index is 578. The number of aliphatic hydroxyl groups excluding tert-OH is 2. The van der Waals surface area contributed by atoms with Crippen molar-refractivity contribution >= 4 is 11.4 Å². The van der Waals surface area contributed by atoms with Gasteiger partial charge in [-0.1, -0.05) is 13.2 Å². The third kappa shape index (κ3) is 7.29. The van der Waals surface area contributed by atoms with E-state index in [1.54, 1.807) is 0 Å². The fourth-order valence-corrected chi connectivity index (χ4v) is 1.13. The molecular formula is C12H14N2O9. The summed E-state index contributed by atoms with van der Waals surface area (Å²) in [6.07, 6.45) is 0. The minimum atomic E-state index is -0.984. The van der Waals surface area contributed by atoms with Crippen LogP contribution >= 0.6 is 0 Å². The molecule has 0 aliphatic rings. The van der Waals surface area contributed by atoms with E-state index in [-0.39, 0.29) is 24.7 Å². The summed E-state index contributed by atoms with van der Waals surface area (Å²) in [5.41, 5.74) is -1.65. The lowest BCUT2D eigenvalue weighted by Gasteiger charge is -1.99. The standard InChI is InChI=1S/C6H4N2O6.C6H10O3/c9-5-2-6(10)4(8(13)14)1-3(5)7(11)12;1-5(7)3-9-4-6(2)8/h1-2,9-10H;7-8H,1-4H2. The van der Waals surface area contributed by atoms with Crippen molar-refractivity contribution in [1.82, 2.24) is 0 Å². The predicted molar refractivity (Wildman–Crippen MR) is 77.4 cm³/mol. The van der Waals surface area contributed by atoms with Crippen molar-refractivity contribution in [2.45, 2.75) is 0 Å². The molecular weight excluding hydrogens is 316 g/mol. The van der Waals surface area contributed by atoms with Gasteiger partial charge in [-0.15, -0.1) is 0 Å². The second kappa shape index (κ2) is 8.84. The predicted octanol–water partition coefficient (Wildman–Crippen LogP) is 2.06. The van der Waals surface area contributed by atoms with Gasteiger partial charge in [0.1, 0.15) is 30.8 Å². The van der Waals surface area contributed by atoms with Gasteiger partial charge >= 0.3 is 11.4 Å². The second-order valence-electron chi connectivity index (χ2n) is 3.97. The molecule has 0 atom stereocenters. The highest BCUT2D eigenvalue weighted by Crippen LogP contribution is 2.37. The first-order valence-corrected chi connectivity index (χ1v) is 5.72. The molecule has 1 aromatic carbocycles. The van der Waals surface area contributed by atoms with Crippen molar-refractivity contribution in [2.75, 3.05) is 13.2 Å². The molecule has 0 bridgehead atoms. The fraction of sp³-hybridized carbons (Fsp3) is 0.167.